The summed E-state index contributed by atoms with van der Waals surface area (Å²) < 4.78 is 27.3. The van der Waals surface area contributed by atoms with Gasteiger partial charge in [-0.05, 0) is 69.3 Å². The highest BCUT2D eigenvalue weighted by molar-refractivity contribution is 5.34. The van der Waals surface area contributed by atoms with Crippen molar-refractivity contribution >= 4 is 0 Å². The molecule has 1 fully saturated rings. The molecule has 1 heterocycles. The molecule has 1 aliphatic rings. The lowest BCUT2D eigenvalue weighted by Crippen LogP contribution is -2.31. The first-order valence-corrected chi connectivity index (χ1v) is 6.24. The Morgan fingerprint density at radius 3 is 2.71 bits per heavy atom. The molecule has 17 heavy (non-hydrogen) atoms. The van der Waals surface area contributed by atoms with E-state index in [9.17, 15) is 8.78 Å². The summed E-state index contributed by atoms with van der Waals surface area (Å²) >= 11 is 0. The number of rotatable bonds is 2. The third-order valence-electron chi connectivity index (χ3n) is 3.71. The maximum Gasteiger partial charge on any atom is 0.132 e. The molecule has 1 aromatic carbocycles. The van der Waals surface area contributed by atoms with Gasteiger partial charge in [0, 0.05) is 5.56 Å². The van der Waals surface area contributed by atoms with E-state index in [1.807, 2.05) is 0 Å². The van der Waals surface area contributed by atoms with Crippen LogP contribution in [0.4, 0.5) is 8.78 Å². The van der Waals surface area contributed by atoms with E-state index >= 15 is 0 Å². The van der Waals surface area contributed by atoms with Gasteiger partial charge < -0.3 is 5.32 Å². The number of piperidine rings is 1. The van der Waals surface area contributed by atoms with Gasteiger partial charge in [0.05, 0.1) is 0 Å². The fourth-order valence-corrected chi connectivity index (χ4v) is 2.52. The minimum atomic E-state index is -0.424. The number of nitrogens with one attached hydrogen (secondary N) is 1. The van der Waals surface area contributed by atoms with Gasteiger partial charge in [0.2, 0.25) is 0 Å². The average Bonchev–Trinajstić information content (AvgIpc) is 2.35. The summed E-state index contributed by atoms with van der Waals surface area (Å²) in [7, 11) is 0. The van der Waals surface area contributed by atoms with E-state index in [1.54, 1.807) is 6.92 Å². The molecule has 1 atom stereocenters. The normalized spacial score (nSPS) is 20.6. The molecule has 0 aromatic heterocycles. The fraction of sp³-hybridized carbons (Fsp3) is 0.571. The average molecular weight is 239 g/mol. The molecule has 1 nitrogen and oxygen atoms in total. The minimum absolute atomic E-state index is 0.132. The molecule has 1 unspecified atom stereocenters. The van der Waals surface area contributed by atoms with E-state index in [4.69, 9.17) is 0 Å². The van der Waals surface area contributed by atoms with Gasteiger partial charge in [0.15, 0.2) is 0 Å². The summed E-state index contributed by atoms with van der Waals surface area (Å²) in [6.45, 7) is 5.25. The van der Waals surface area contributed by atoms with Crippen LogP contribution in [0, 0.1) is 31.4 Å². The standard InChI is InChI=1S/C14H19F2N/c1-9-12(6-11-4-3-5-17-8-11)7-13(15)10(2)14(9)16/h7,11,17H,3-6,8H2,1-2H3. The van der Waals surface area contributed by atoms with E-state index in [0.717, 1.165) is 37.9 Å². The van der Waals surface area contributed by atoms with Crippen LogP contribution in [0.2, 0.25) is 0 Å². The molecule has 1 saturated heterocycles. The molecule has 0 spiro atoms. The van der Waals surface area contributed by atoms with Crippen molar-refractivity contribution < 1.29 is 8.78 Å². The van der Waals surface area contributed by atoms with Crippen LogP contribution in [-0.4, -0.2) is 13.1 Å². The maximum absolute atomic E-state index is 13.8. The molecule has 0 aliphatic carbocycles. The summed E-state index contributed by atoms with van der Waals surface area (Å²) in [6.07, 6.45) is 3.07. The van der Waals surface area contributed by atoms with Crippen molar-refractivity contribution in [1.29, 1.82) is 0 Å². The van der Waals surface area contributed by atoms with Gasteiger partial charge in [-0.1, -0.05) is 0 Å². The van der Waals surface area contributed by atoms with Crippen LogP contribution in [0.3, 0.4) is 0 Å². The topological polar surface area (TPSA) is 12.0 Å². The summed E-state index contributed by atoms with van der Waals surface area (Å²) in [5.41, 5.74) is 1.56. The largest absolute Gasteiger partial charge is 0.316 e. The highest BCUT2D eigenvalue weighted by Gasteiger charge is 2.18. The van der Waals surface area contributed by atoms with Gasteiger partial charge in [0.1, 0.15) is 11.6 Å². The molecule has 1 aromatic rings. The predicted molar refractivity (Wildman–Crippen MR) is 65.1 cm³/mol. The summed E-state index contributed by atoms with van der Waals surface area (Å²) in [5, 5.41) is 3.33. The molecule has 2 rings (SSSR count). The Morgan fingerprint density at radius 1 is 1.29 bits per heavy atom. The molecule has 3 heteroatoms. The highest BCUT2D eigenvalue weighted by Crippen LogP contribution is 2.24. The van der Waals surface area contributed by atoms with Crippen LogP contribution in [0.25, 0.3) is 0 Å². The zero-order valence-corrected chi connectivity index (χ0v) is 10.4. The van der Waals surface area contributed by atoms with Crippen molar-refractivity contribution in [3.8, 4) is 0 Å². The van der Waals surface area contributed by atoms with Gasteiger partial charge in [-0.25, -0.2) is 8.78 Å². The van der Waals surface area contributed by atoms with Crippen molar-refractivity contribution in [2.45, 2.75) is 33.1 Å². The van der Waals surface area contributed by atoms with Crippen molar-refractivity contribution in [2.24, 2.45) is 5.92 Å². The van der Waals surface area contributed by atoms with Crippen LogP contribution in [-0.2, 0) is 6.42 Å². The Kier molecular flexibility index (Phi) is 3.77. The van der Waals surface area contributed by atoms with E-state index in [2.05, 4.69) is 5.32 Å². The van der Waals surface area contributed by atoms with Crippen molar-refractivity contribution in [3.05, 3.63) is 34.4 Å². The summed E-state index contributed by atoms with van der Waals surface area (Å²) in [4.78, 5) is 0. The Balaban J connectivity index is 2.20. The molecule has 0 saturated carbocycles. The maximum atomic E-state index is 13.8. The van der Waals surface area contributed by atoms with Crippen molar-refractivity contribution in [2.75, 3.05) is 13.1 Å². The Morgan fingerprint density at radius 2 is 2.06 bits per heavy atom. The second-order valence-corrected chi connectivity index (χ2v) is 5.00. The van der Waals surface area contributed by atoms with Gasteiger partial charge in [0.25, 0.3) is 0 Å². The molecule has 1 aliphatic heterocycles. The van der Waals surface area contributed by atoms with E-state index in [-0.39, 0.29) is 11.4 Å². The first-order chi connectivity index (χ1) is 8.09. The number of hydrogen-bond acceptors (Lipinski definition) is 1. The molecule has 0 bridgehead atoms. The van der Waals surface area contributed by atoms with E-state index < -0.39 is 5.82 Å². The van der Waals surface area contributed by atoms with Gasteiger partial charge >= 0.3 is 0 Å². The monoisotopic (exact) mass is 239 g/mol. The quantitative estimate of drug-likeness (QED) is 0.836. The highest BCUT2D eigenvalue weighted by atomic mass is 19.1. The third-order valence-corrected chi connectivity index (χ3v) is 3.71. The number of hydrogen-bond donors (Lipinski definition) is 1. The molecule has 1 N–H and O–H groups in total. The molecular formula is C14H19F2N. The molecule has 0 amide bonds. The third kappa shape index (κ3) is 2.65. The summed E-state index contributed by atoms with van der Waals surface area (Å²) in [6, 6.07) is 1.50. The van der Waals surface area contributed by atoms with Gasteiger partial charge in [-0.2, -0.15) is 0 Å². The second kappa shape index (κ2) is 5.13. The van der Waals surface area contributed by atoms with Crippen molar-refractivity contribution in [1.82, 2.24) is 5.32 Å². The van der Waals surface area contributed by atoms with Gasteiger partial charge in [-0.15, -0.1) is 0 Å². The van der Waals surface area contributed by atoms with Gasteiger partial charge in [-0.3, -0.25) is 0 Å². The number of benzene rings is 1. The van der Waals surface area contributed by atoms with Crippen molar-refractivity contribution in [3.63, 3.8) is 0 Å². The van der Waals surface area contributed by atoms with Crippen LogP contribution in [0.5, 0.6) is 0 Å². The smallest absolute Gasteiger partial charge is 0.132 e. The van der Waals surface area contributed by atoms with Crippen LogP contribution < -0.4 is 5.32 Å². The lowest BCUT2D eigenvalue weighted by atomic mass is 9.89. The zero-order valence-electron chi connectivity index (χ0n) is 10.4. The molecule has 94 valence electrons. The second-order valence-electron chi connectivity index (χ2n) is 5.00. The lowest BCUT2D eigenvalue weighted by molar-refractivity contribution is 0.374. The van der Waals surface area contributed by atoms with Crippen LogP contribution in [0.15, 0.2) is 6.07 Å². The zero-order chi connectivity index (χ0) is 12.4. The van der Waals surface area contributed by atoms with E-state index in [1.165, 1.54) is 13.0 Å². The first kappa shape index (κ1) is 12.5. The fourth-order valence-electron chi connectivity index (χ4n) is 2.52. The SMILES string of the molecule is Cc1c(F)cc(CC2CCCNC2)c(C)c1F. The molecular weight excluding hydrogens is 220 g/mol. The lowest BCUT2D eigenvalue weighted by Gasteiger charge is -2.23. The Labute approximate surface area is 101 Å². The Bertz CT molecular complexity index is 409. The predicted octanol–water partition coefficient (Wildman–Crippen LogP) is 3.12. The van der Waals surface area contributed by atoms with E-state index in [0.29, 0.717) is 11.5 Å². The number of halogens is 2. The summed E-state index contributed by atoms with van der Waals surface area (Å²) in [5.74, 6) is -0.306. The van der Waals surface area contributed by atoms with Crippen LogP contribution in [0.1, 0.15) is 29.5 Å². The first-order valence-electron chi connectivity index (χ1n) is 6.24. The van der Waals surface area contributed by atoms with Crippen LogP contribution >= 0.6 is 0 Å². The Hall–Kier alpha value is -0.960. The molecule has 0 radical (unpaired) electrons. The minimum Gasteiger partial charge on any atom is -0.316 e.